The lowest BCUT2D eigenvalue weighted by atomic mass is 9.45. The molecule has 20 heavy (non-hydrogen) atoms. The molecule has 0 aromatic rings. The molecule has 1 heteroatoms. The Morgan fingerprint density at radius 2 is 1.80 bits per heavy atom. The minimum absolute atomic E-state index is 0.501. The summed E-state index contributed by atoms with van der Waals surface area (Å²) in [5.74, 6) is 4.20. The molecule has 0 N–H and O–H groups in total. The van der Waals surface area contributed by atoms with Crippen molar-refractivity contribution >= 4 is 5.78 Å². The van der Waals surface area contributed by atoms with Gasteiger partial charge in [0.25, 0.3) is 0 Å². The van der Waals surface area contributed by atoms with Gasteiger partial charge in [-0.25, -0.2) is 0 Å². The first-order valence-electron chi connectivity index (χ1n) is 9.05. The van der Waals surface area contributed by atoms with Crippen molar-refractivity contribution in [2.24, 2.45) is 34.5 Å². The van der Waals surface area contributed by atoms with Crippen molar-refractivity contribution in [1.29, 1.82) is 0 Å². The summed E-state index contributed by atoms with van der Waals surface area (Å²) in [4.78, 5) is 11.9. The van der Waals surface area contributed by atoms with Crippen LogP contribution in [-0.4, -0.2) is 5.78 Å². The molecule has 6 atom stereocenters. The van der Waals surface area contributed by atoms with Gasteiger partial charge in [0.15, 0.2) is 0 Å². The third-order valence-electron chi connectivity index (χ3n) is 8.26. The standard InChI is InChI=1S/C19H30O/c1-18-9-3-4-16(18)15-6-5-13-12-14(20)7-11-19(13,2)17(15)8-10-18/h13,15-17H,3-12H2,1-2H3/t13-,15-,16+,17+,18+,19+/m0/s1. The first-order valence-corrected chi connectivity index (χ1v) is 9.05. The molecule has 0 spiro atoms. The maximum absolute atomic E-state index is 11.9. The van der Waals surface area contributed by atoms with Crippen LogP contribution < -0.4 is 0 Å². The molecule has 0 aliphatic heterocycles. The highest BCUT2D eigenvalue weighted by Gasteiger charge is 2.57. The minimum atomic E-state index is 0.501. The second-order valence-electron chi connectivity index (χ2n) is 8.98. The molecule has 0 amide bonds. The van der Waals surface area contributed by atoms with Crippen LogP contribution in [0.4, 0.5) is 0 Å². The van der Waals surface area contributed by atoms with E-state index in [0.29, 0.717) is 16.6 Å². The molecule has 0 heterocycles. The molecule has 4 fully saturated rings. The lowest BCUT2D eigenvalue weighted by Gasteiger charge is -2.59. The summed E-state index contributed by atoms with van der Waals surface area (Å²) in [6, 6.07) is 0. The van der Waals surface area contributed by atoms with E-state index in [4.69, 9.17) is 0 Å². The highest BCUT2D eigenvalue weighted by molar-refractivity contribution is 5.79. The van der Waals surface area contributed by atoms with E-state index in [2.05, 4.69) is 13.8 Å². The van der Waals surface area contributed by atoms with Crippen molar-refractivity contribution in [3.8, 4) is 0 Å². The van der Waals surface area contributed by atoms with Crippen molar-refractivity contribution in [3.63, 3.8) is 0 Å². The van der Waals surface area contributed by atoms with Gasteiger partial charge in [0.1, 0.15) is 5.78 Å². The summed E-state index contributed by atoms with van der Waals surface area (Å²) in [6.45, 7) is 5.14. The van der Waals surface area contributed by atoms with E-state index < -0.39 is 0 Å². The molecule has 112 valence electrons. The Hall–Kier alpha value is -0.330. The Labute approximate surface area is 123 Å². The van der Waals surface area contributed by atoms with Gasteiger partial charge in [-0.1, -0.05) is 20.3 Å². The summed E-state index contributed by atoms with van der Waals surface area (Å²) in [6.07, 6.45) is 13.1. The van der Waals surface area contributed by atoms with Crippen LogP contribution in [0.2, 0.25) is 0 Å². The molecule has 1 nitrogen and oxygen atoms in total. The van der Waals surface area contributed by atoms with E-state index in [1.807, 2.05) is 0 Å². The Balaban J connectivity index is 1.64. The minimum Gasteiger partial charge on any atom is -0.300 e. The monoisotopic (exact) mass is 274 g/mol. The first-order chi connectivity index (χ1) is 9.53. The number of hydrogen-bond acceptors (Lipinski definition) is 1. The van der Waals surface area contributed by atoms with Crippen molar-refractivity contribution in [2.75, 3.05) is 0 Å². The summed E-state index contributed by atoms with van der Waals surface area (Å²) >= 11 is 0. The third-order valence-corrected chi connectivity index (χ3v) is 8.26. The van der Waals surface area contributed by atoms with Crippen LogP contribution in [-0.2, 0) is 4.79 Å². The van der Waals surface area contributed by atoms with Crippen LogP contribution in [0, 0.1) is 34.5 Å². The lowest BCUT2D eigenvalue weighted by Crippen LogP contribution is -2.52. The Kier molecular flexibility index (Phi) is 2.89. The Bertz CT molecular complexity index is 427. The van der Waals surface area contributed by atoms with Gasteiger partial charge in [-0.05, 0) is 79.4 Å². The van der Waals surface area contributed by atoms with Crippen LogP contribution in [0.3, 0.4) is 0 Å². The van der Waals surface area contributed by atoms with E-state index >= 15 is 0 Å². The van der Waals surface area contributed by atoms with Crippen molar-refractivity contribution < 1.29 is 4.79 Å². The second-order valence-corrected chi connectivity index (χ2v) is 8.98. The summed E-state index contributed by atoms with van der Waals surface area (Å²) in [5, 5.41) is 0. The summed E-state index contributed by atoms with van der Waals surface area (Å²) in [5.41, 5.74) is 1.18. The molecular formula is C19H30O. The molecule has 4 aliphatic rings. The quantitative estimate of drug-likeness (QED) is 0.608. The fourth-order valence-electron chi connectivity index (χ4n) is 7.04. The van der Waals surface area contributed by atoms with Gasteiger partial charge >= 0.3 is 0 Å². The van der Waals surface area contributed by atoms with E-state index in [9.17, 15) is 4.79 Å². The number of rotatable bonds is 0. The van der Waals surface area contributed by atoms with Crippen molar-refractivity contribution in [2.45, 2.75) is 78.1 Å². The second kappa shape index (κ2) is 4.34. The van der Waals surface area contributed by atoms with Gasteiger partial charge < -0.3 is 0 Å². The third kappa shape index (κ3) is 1.70. The molecule has 0 saturated heterocycles. The van der Waals surface area contributed by atoms with Gasteiger partial charge in [0, 0.05) is 12.8 Å². The lowest BCUT2D eigenvalue weighted by molar-refractivity contribution is -0.137. The Morgan fingerprint density at radius 3 is 2.65 bits per heavy atom. The van der Waals surface area contributed by atoms with Crippen LogP contribution in [0.5, 0.6) is 0 Å². The van der Waals surface area contributed by atoms with Gasteiger partial charge in [-0.15, -0.1) is 0 Å². The van der Waals surface area contributed by atoms with Gasteiger partial charge in [-0.3, -0.25) is 4.79 Å². The number of ketones is 1. The molecule has 0 unspecified atom stereocenters. The van der Waals surface area contributed by atoms with Gasteiger partial charge in [0.2, 0.25) is 0 Å². The number of carbonyl (C=O) groups is 1. The SMILES string of the molecule is C[C@]12CCC[C@@H]1[C@@H]1CC[C@H]3CC(=O)CC[C@@]3(C)[C@@H]1CC2. The van der Waals surface area contributed by atoms with E-state index in [1.54, 1.807) is 0 Å². The van der Waals surface area contributed by atoms with Crippen LogP contribution in [0.1, 0.15) is 78.1 Å². The Morgan fingerprint density at radius 1 is 0.950 bits per heavy atom. The van der Waals surface area contributed by atoms with Crippen molar-refractivity contribution in [1.82, 2.24) is 0 Å². The molecule has 0 radical (unpaired) electrons. The van der Waals surface area contributed by atoms with E-state index in [0.717, 1.165) is 36.5 Å². The highest BCUT2D eigenvalue weighted by Crippen LogP contribution is 2.65. The predicted molar refractivity (Wildman–Crippen MR) is 81.4 cm³/mol. The number of carbonyl (C=O) groups excluding carboxylic acids is 1. The highest BCUT2D eigenvalue weighted by atomic mass is 16.1. The van der Waals surface area contributed by atoms with Crippen LogP contribution >= 0.6 is 0 Å². The smallest absolute Gasteiger partial charge is 0.133 e. The normalized spacial score (nSPS) is 55.0. The van der Waals surface area contributed by atoms with Gasteiger partial charge in [0.05, 0.1) is 0 Å². The molecule has 0 aromatic carbocycles. The zero-order chi connectivity index (χ0) is 14.0. The fraction of sp³-hybridized carbons (Fsp3) is 0.947. The molecule has 4 rings (SSSR count). The van der Waals surface area contributed by atoms with Gasteiger partial charge in [-0.2, -0.15) is 0 Å². The molecule has 4 saturated carbocycles. The maximum Gasteiger partial charge on any atom is 0.133 e. The molecule has 0 bridgehead atoms. The average Bonchev–Trinajstić information content (AvgIpc) is 2.81. The number of fused-ring (bicyclic) bond motifs is 5. The molecular weight excluding hydrogens is 244 g/mol. The first kappa shape index (κ1) is 13.3. The van der Waals surface area contributed by atoms with Crippen molar-refractivity contribution in [3.05, 3.63) is 0 Å². The maximum atomic E-state index is 11.9. The summed E-state index contributed by atoms with van der Waals surface area (Å²) < 4.78 is 0. The largest absolute Gasteiger partial charge is 0.300 e. The topological polar surface area (TPSA) is 17.1 Å². The average molecular weight is 274 g/mol. The fourth-order valence-corrected chi connectivity index (χ4v) is 7.04. The van der Waals surface area contributed by atoms with Crippen LogP contribution in [0.25, 0.3) is 0 Å². The number of Topliss-reactive ketones (excluding diaryl/α,β-unsaturated/α-hetero) is 1. The summed E-state index contributed by atoms with van der Waals surface area (Å²) in [7, 11) is 0. The molecule has 0 aromatic heterocycles. The zero-order valence-corrected chi connectivity index (χ0v) is 13.3. The number of hydrogen-bond donors (Lipinski definition) is 0. The zero-order valence-electron chi connectivity index (χ0n) is 13.3. The molecule has 4 aliphatic carbocycles. The van der Waals surface area contributed by atoms with E-state index in [1.165, 1.54) is 51.4 Å². The predicted octanol–water partition coefficient (Wildman–Crippen LogP) is 4.99. The van der Waals surface area contributed by atoms with E-state index in [-0.39, 0.29) is 0 Å². The van der Waals surface area contributed by atoms with Crippen LogP contribution in [0.15, 0.2) is 0 Å².